The zero-order chi connectivity index (χ0) is 8.53. The van der Waals surface area contributed by atoms with Crippen molar-refractivity contribution in [3.8, 4) is 0 Å². The molecule has 57 valence electrons. The molecule has 0 N–H and O–H groups in total. The van der Waals surface area contributed by atoms with Gasteiger partial charge in [0.25, 0.3) is 0 Å². The summed E-state index contributed by atoms with van der Waals surface area (Å²) in [5.41, 5.74) is 0.924. The number of rotatable bonds is 1. The Morgan fingerprint density at radius 1 is 1.64 bits per heavy atom. The predicted octanol–water partition coefficient (Wildman–Crippen LogP) is 1.44. The Morgan fingerprint density at radius 2 is 2.27 bits per heavy atom. The number of hydrogen-bond acceptors (Lipinski definition) is 2. The molecule has 1 heterocycles. The number of nitrogens with zero attached hydrogens (tertiary/aromatic N) is 1. The summed E-state index contributed by atoms with van der Waals surface area (Å²) in [7, 11) is 4.22. The van der Waals surface area contributed by atoms with Crippen LogP contribution in [-0.2, 0) is 4.43 Å². The minimum Gasteiger partial charge on any atom is -0.422 e. The summed E-state index contributed by atoms with van der Waals surface area (Å²) in [6, 6.07) is 5.73. The summed E-state index contributed by atoms with van der Waals surface area (Å²) in [6.07, 6.45) is 3.47. The van der Waals surface area contributed by atoms with Crippen molar-refractivity contribution < 1.29 is 4.43 Å². The molecule has 0 unspecified atom stereocenters. The van der Waals surface area contributed by atoms with E-state index in [2.05, 4.69) is 26.5 Å². The third-order valence-corrected chi connectivity index (χ3v) is 0.897. The second-order valence-corrected chi connectivity index (χ2v) is 2.07. The average molecular weight is 164 g/mol. The third kappa shape index (κ3) is 5.51. The molecule has 0 aliphatic rings. The first-order valence-corrected chi connectivity index (χ1v) is 3.49. The summed E-state index contributed by atoms with van der Waals surface area (Å²) in [6.45, 7) is 3.57. The minimum absolute atomic E-state index is 0.924. The van der Waals surface area contributed by atoms with Crippen LogP contribution in [0.5, 0.6) is 0 Å². The van der Waals surface area contributed by atoms with Crippen molar-refractivity contribution >= 4 is 16.6 Å². The Hall–Kier alpha value is -0.933. The molecular formula is C8H10NOSi. The lowest BCUT2D eigenvalue weighted by Gasteiger charge is -1.84. The molecule has 1 rings (SSSR count). The first-order chi connectivity index (χ1) is 5.35. The van der Waals surface area contributed by atoms with Crippen molar-refractivity contribution in [3.05, 3.63) is 36.7 Å². The van der Waals surface area contributed by atoms with Crippen molar-refractivity contribution in [3.63, 3.8) is 0 Å². The van der Waals surface area contributed by atoms with Crippen molar-refractivity contribution in [1.82, 2.24) is 4.98 Å². The highest BCUT2D eigenvalue weighted by atomic mass is 28.2. The summed E-state index contributed by atoms with van der Waals surface area (Å²) < 4.78 is 4.06. The van der Waals surface area contributed by atoms with E-state index >= 15 is 0 Å². The Kier molecular flexibility index (Phi) is 6.57. The maximum absolute atomic E-state index is 4.06. The zero-order valence-electron chi connectivity index (χ0n) is 6.45. The molecule has 0 aliphatic carbocycles. The molecule has 0 aliphatic heterocycles. The standard InChI is InChI=1S/C7H7N.CH3OSi/c1-2-7-5-3-4-6-8-7;1-2-3/h2-6H,1H2;1H3. The van der Waals surface area contributed by atoms with Gasteiger partial charge in [-0.1, -0.05) is 12.6 Å². The molecule has 0 aromatic carbocycles. The molecule has 0 atom stereocenters. The van der Waals surface area contributed by atoms with Gasteiger partial charge in [0.2, 0.25) is 10.5 Å². The molecule has 0 bridgehead atoms. The molecule has 3 radical (unpaired) electrons. The van der Waals surface area contributed by atoms with Crippen LogP contribution in [0.4, 0.5) is 0 Å². The second-order valence-electron chi connectivity index (χ2n) is 1.66. The Labute approximate surface area is 70.5 Å². The van der Waals surface area contributed by atoms with Crippen LogP contribution in [0, 0.1) is 0 Å². The van der Waals surface area contributed by atoms with Crippen LogP contribution in [0.3, 0.4) is 0 Å². The van der Waals surface area contributed by atoms with Gasteiger partial charge in [-0.3, -0.25) is 4.98 Å². The van der Waals surface area contributed by atoms with Crippen LogP contribution in [0.25, 0.3) is 6.08 Å². The van der Waals surface area contributed by atoms with Crippen molar-refractivity contribution in [1.29, 1.82) is 0 Å². The summed E-state index contributed by atoms with van der Waals surface area (Å²) in [4.78, 5) is 3.98. The Bertz CT molecular complexity index is 189. The fourth-order valence-corrected chi connectivity index (χ4v) is 0.497. The molecule has 3 heteroatoms. The Balaban J connectivity index is 0.000000292. The van der Waals surface area contributed by atoms with Gasteiger partial charge in [0, 0.05) is 13.3 Å². The molecule has 0 saturated carbocycles. The highest BCUT2D eigenvalue weighted by Crippen LogP contribution is 1.91. The summed E-state index contributed by atoms with van der Waals surface area (Å²) >= 11 is 0. The van der Waals surface area contributed by atoms with Gasteiger partial charge < -0.3 is 4.43 Å². The highest BCUT2D eigenvalue weighted by Gasteiger charge is 1.77. The van der Waals surface area contributed by atoms with Crippen molar-refractivity contribution in [2.24, 2.45) is 0 Å². The van der Waals surface area contributed by atoms with Crippen LogP contribution in [-0.4, -0.2) is 22.6 Å². The molecule has 2 nitrogen and oxygen atoms in total. The van der Waals surface area contributed by atoms with E-state index in [-0.39, 0.29) is 0 Å². The fraction of sp³-hybridized carbons (Fsp3) is 0.125. The van der Waals surface area contributed by atoms with Gasteiger partial charge in [-0.2, -0.15) is 0 Å². The largest absolute Gasteiger partial charge is 0.422 e. The van der Waals surface area contributed by atoms with Crippen LogP contribution < -0.4 is 0 Å². The monoisotopic (exact) mass is 164 g/mol. The minimum atomic E-state index is 0.924. The molecule has 1 aromatic heterocycles. The third-order valence-electron chi connectivity index (χ3n) is 0.897. The Morgan fingerprint density at radius 3 is 2.55 bits per heavy atom. The fourth-order valence-electron chi connectivity index (χ4n) is 0.497. The summed E-state index contributed by atoms with van der Waals surface area (Å²) in [5.74, 6) is 0. The van der Waals surface area contributed by atoms with E-state index in [1.54, 1.807) is 12.3 Å². The molecule has 0 saturated heterocycles. The maximum Gasteiger partial charge on any atom is 0.245 e. The van der Waals surface area contributed by atoms with E-state index in [4.69, 9.17) is 0 Å². The topological polar surface area (TPSA) is 22.1 Å². The second kappa shape index (κ2) is 7.18. The van der Waals surface area contributed by atoms with Gasteiger partial charge in [0.05, 0.1) is 5.69 Å². The smallest absolute Gasteiger partial charge is 0.245 e. The SMILES string of the molecule is C=Cc1ccccn1.CO[Si]. The molecule has 0 amide bonds. The highest BCUT2D eigenvalue weighted by molar-refractivity contribution is 5.97. The lowest BCUT2D eigenvalue weighted by Crippen LogP contribution is -1.73. The van der Waals surface area contributed by atoms with E-state index in [1.165, 1.54) is 7.11 Å². The van der Waals surface area contributed by atoms with Gasteiger partial charge >= 0.3 is 0 Å². The molecule has 0 fully saturated rings. The number of aromatic nitrogens is 1. The average Bonchev–Trinajstić information content (AvgIpc) is 2.08. The van der Waals surface area contributed by atoms with Crippen molar-refractivity contribution in [2.75, 3.05) is 7.11 Å². The van der Waals surface area contributed by atoms with E-state index < -0.39 is 0 Å². The number of hydrogen-bond donors (Lipinski definition) is 0. The first kappa shape index (κ1) is 10.1. The molecule has 11 heavy (non-hydrogen) atoms. The first-order valence-electron chi connectivity index (χ1n) is 3.08. The quantitative estimate of drug-likeness (QED) is 0.586. The zero-order valence-corrected chi connectivity index (χ0v) is 7.45. The van der Waals surface area contributed by atoms with Crippen LogP contribution >= 0.6 is 0 Å². The van der Waals surface area contributed by atoms with Gasteiger partial charge in [0.1, 0.15) is 0 Å². The van der Waals surface area contributed by atoms with Gasteiger partial charge in [-0.25, -0.2) is 0 Å². The lowest BCUT2D eigenvalue weighted by molar-refractivity contribution is 0.460. The molecular weight excluding hydrogens is 154 g/mol. The van der Waals surface area contributed by atoms with E-state index in [9.17, 15) is 0 Å². The van der Waals surface area contributed by atoms with Crippen LogP contribution in [0.15, 0.2) is 31.0 Å². The van der Waals surface area contributed by atoms with Gasteiger partial charge in [-0.15, -0.1) is 0 Å². The lowest BCUT2D eigenvalue weighted by atomic mass is 10.4. The van der Waals surface area contributed by atoms with E-state index in [1.807, 2.05) is 18.2 Å². The van der Waals surface area contributed by atoms with Crippen molar-refractivity contribution in [2.45, 2.75) is 0 Å². The normalized spacial score (nSPS) is 7.82. The van der Waals surface area contributed by atoms with Crippen LogP contribution in [0.1, 0.15) is 5.69 Å². The van der Waals surface area contributed by atoms with Gasteiger partial charge in [-0.05, 0) is 18.2 Å². The van der Waals surface area contributed by atoms with E-state index in [0.717, 1.165) is 5.69 Å². The maximum atomic E-state index is 4.06. The van der Waals surface area contributed by atoms with E-state index in [0.29, 0.717) is 0 Å². The molecule has 0 spiro atoms. The van der Waals surface area contributed by atoms with Gasteiger partial charge in [0.15, 0.2) is 0 Å². The number of pyridine rings is 1. The molecule has 1 aromatic rings. The predicted molar refractivity (Wildman–Crippen MR) is 47.1 cm³/mol. The van der Waals surface area contributed by atoms with Crippen LogP contribution in [0.2, 0.25) is 0 Å². The summed E-state index contributed by atoms with van der Waals surface area (Å²) in [5, 5.41) is 0.